The van der Waals surface area contributed by atoms with Crippen molar-refractivity contribution in [3.05, 3.63) is 12.2 Å². The van der Waals surface area contributed by atoms with Gasteiger partial charge in [-0.3, -0.25) is 4.99 Å². The van der Waals surface area contributed by atoms with Gasteiger partial charge in [0.2, 0.25) is 0 Å². The maximum Gasteiger partial charge on any atom is 0.0627 e. The predicted molar refractivity (Wildman–Crippen MR) is 51.5 cm³/mol. The van der Waals surface area contributed by atoms with E-state index in [1.807, 2.05) is 0 Å². The molecule has 0 spiro atoms. The quantitative estimate of drug-likeness (QED) is 0.683. The molecule has 1 aliphatic carbocycles. The van der Waals surface area contributed by atoms with Crippen molar-refractivity contribution >= 4 is 5.71 Å². The van der Waals surface area contributed by atoms with Gasteiger partial charge in [0.05, 0.1) is 13.2 Å². The Balaban J connectivity index is 2.42. The Bertz CT molecular complexity index is 184. The monoisotopic (exact) mass is 167 g/mol. The summed E-state index contributed by atoms with van der Waals surface area (Å²) in [4.78, 5) is 4.25. The van der Waals surface area contributed by atoms with Crippen LogP contribution in [0.15, 0.2) is 17.1 Å². The Labute approximate surface area is 74.0 Å². The van der Waals surface area contributed by atoms with Crippen LogP contribution in [-0.4, -0.2) is 24.0 Å². The van der Waals surface area contributed by atoms with Crippen molar-refractivity contribution in [3.8, 4) is 0 Å². The van der Waals surface area contributed by atoms with Crippen LogP contribution in [0.3, 0.4) is 0 Å². The first-order valence-corrected chi connectivity index (χ1v) is 4.69. The molecule has 68 valence electrons. The van der Waals surface area contributed by atoms with Gasteiger partial charge in [-0.25, -0.2) is 0 Å². The summed E-state index contributed by atoms with van der Waals surface area (Å²) >= 11 is 0. The van der Waals surface area contributed by atoms with Gasteiger partial charge in [-0.2, -0.15) is 0 Å². The van der Waals surface area contributed by atoms with Crippen LogP contribution in [-0.2, 0) is 0 Å². The highest BCUT2D eigenvalue weighted by Crippen LogP contribution is 2.18. The number of hydrogen-bond donors (Lipinski definition) is 1. The van der Waals surface area contributed by atoms with E-state index in [-0.39, 0.29) is 6.61 Å². The summed E-state index contributed by atoms with van der Waals surface area (Å²) in [7, 11) is 0. The molecule has 0 saturated heterocycles. The Morgan fingerprint density at radius 3 is 3.00 bits per heavy atom. The van der Waals surface area contributed by atoms with E-state index in [2.05, 4.69) is 24.1 Å². The third kappa shape index (κ3) is 2.78. The molecule has 0 aliphatic heterocycles. The lowest BCUT2D eigenvalue weighted by molar-refractivity contribution is 0.307. The third-order valence-electron chi connectivity index (χ3n) is 2.27. The van der Waals surface area contributed by atoms with Gasteiger partial charge in [0.1, 0.15) is 0 Å². The molecule has 2 nitrogen and oxygen atoms in total. The first-order valence-electron chi connectivity index (χ1n) is 4.69. The van der Waals surface area contributed by atoms with Crippen LogP contribution in [0.2, 0.25) is 0 Å². The van der Waals surface area contributed by atoms with E-state index in [9.17, 15) is 0 Å². The van der Waals surface area contributed by atoms with E-state index >= 15 is 0 Å². The van der Waals surface area contributed by atoms with E-state index in [0.717, 1.165) is 18.1 Å². The molecule has 0 fully saturated rings. The molecule has 0 radical (unpaired) electrons. The molecule has 12 heavy (non-hydrogen) atoms. The Morgan fingerprint density at radius 2 is 2.50 bits per heavy atom. The standard InChI is InChI=1S/C10H17NO/c1-2-9-3-5-10(6-4-9)11-7-8-12/h3,5,9,12H,2,4,6-8H2,1H3. The van der Waals surface area contributed by atoms with Crippen molar-refractivity contribution in [2.75, 3.05) is 13.2 Å². The first-order chi connectivity index (χ1) is 5.86. The highest BCUT2D eigenvalue weighted by molar-refractivity contribution is 5.95. The van der Waals surface area contributed by atoms with Gasteiger partial charge in [-0.1, -0.05) is 13.0 Å². The summed E-state index contributed by atoms with van der Waals surface area (Å²) < 4.78 is 0. The minimum Gasteiger partial charge on any atom is -0.394 e. The van der Waals surface area contributed by atoms with Gasteiger partial charge in [-0.05, 0) is 31.3 Å². The zero-order valence-corrected chi connectivity index (χ0v) is 7.66. The summed E-state index contributed by atoms with van der Waals surface area (Å²) in [6, 6.07) is 0. The average molecular weight is 167 g/mol. The number of aliphatic imine (C=N–C) groups is 1. The number of hydrogen-bond acceptors (Lipinski definition) is 2. The Kier molecular flexibility index (Phi) is 4.01. The maximum absolute atomic E-state index is 8.56. The summed E-state index contributed by atoms with van der Waals surface area (Å²) in [5.41, 5.74) is 1.15. The molecule has 1 unspecified atom stereocenters. The number of rotatable bonds is 3. The van der Waals surface area contributed by atoms with Gasteiger partial charge in [-0.15, -0.1) is 0 Å². The molecule has 0 aromatic rings. The second-order valence-corrected chi connectivity index (χ2v) is 3.16. The van der Waals surface area contributed by atoms with E-state index in [0.29, 0.717) is 6.54 Å². The molecule has 0 heterocycles. The number of aliphatic hydroxyl groups excluding tert-OH is 1. The molecule has 0 amide bonds. The topological polar surface area (TPSA) is 32.6 Å². The molecular formula is C10H17NO. The van der Waals surface area contributed by atoms with E-state index in [1.54, 1.807) is 0 Å². The normalized spacial score (nSPS) is 26.5. The fourth-order valence-corrected chi connectivity index (χ4v) is 1.43. The lowest BCUT2D eigenvalue weighted by Gasteiger charge is -2.15. The minimum absolute atomic E-state index is 0.161. The highest BCUT2D eigenvalue weighted by Gasteiger charge is 2.08. The molecule has 1 atom stereocenters. The number of nitrogens with zero attached hydrogens (tertiary/aromatic N) is 1. The maximum atomic E-state index is 8.56. The fraction of sp³-hybridized carbons (Fsp3) is 0.700. The average Bonchev–Trinajstić information content (AvgIpc) is 2.15. The minimum atomic E-state index is 0.161. The van der Waals surface area contributed by atoms with Crippen LogP contribution in [0.4, 0.5) is 0 Å². The van der Waals surface area contributed by atoms with Crippen LogP contribution in [0, 0.1) is 5.92 Å². The molecule has 0 aromatic heterocycles. The molecule has 0 aromatic carbocycles. The third-order valence-corrected chi connectivity index (χ3v) is 2.27. The van der Waals surface area contributed by atoms with Crippen LogP contribution in [0.25, 0.3) is 0 Å². The second-order valence-electron chi connectivity index (χ2n) is 3.16. The van der Waals surface area contributed by atoms with Crippen molar-refractivity contribution in [2.45, 2.75) is 26.2 Å². The summed E-state index contributed by atoms with van der Waals surface area (Å²) in [6.07, 6.45) is 7.86. The molecule has 1 rings (SSSR count). The molecule has 0 saturated carbocycles. The number of aliphatic hydroxyl groups is 1. The van der Waals surface area contributed by atoms with Gasteiger partial charge in [0, 0.05) is 5.71 Å². The summed E-state index contributed by atoms with van der Waals surface area (Å²) in [5, 5.41) is 8.56. The van der Waals surface area contributed by atoms with Crippen molar-refractivity contribution in [2.24, 2.45) is 10.9 Å². The first kappa shape index (κ1) is 9.46. The predicted octanol–water partition coefficient (Wildman–Crippen LogP) is 1.80. The van der Waals surface area contributed by atoms with Crippen LogP contribution in [0.5, 0.6) is 0 Å². The molecule has 0 bridgehead atoms. The van der Waals surface area contributed by atoms with Gasteiger partial charge in [0.15, 0.2) is 0 Å². The highest BCUT2D eigenvalue weighted by atomic mass is 16.3. The van der Waals surface area contributed by atoms with Crippen molar-refractivity contribution < 1.29 is 5.11 Å². The number of allylic oxidation sites excluding steroid dienone is 2. The van der Waals surface area contributed by atoms with Crippen molar-refractivity contribution in [3.63, 3.8) is 0 Å². The summed E-state index contributed by atoms with van der Waals surface area (Å²) in [6.45, 7) is 2.93. The molecule has 1 N–H and O–H groups in total. The SMILES string of the molecule is CCC1C=CC(=NCCO)CC1. The van der Waals surface area contributed by atoms with E-state index in [1.165, 1.54) is 12.8 Å². The van der Waals surface area contributed by atoms with Gasteiger partial charge < -0.3 is 5.11 Å². The smallest absolute Gasteiger partial charge is 0.0627 e. The molecule has 2 heteroatoms. The lowest BCUT2D eigenvalue weighted by atomic mass is 9.93. The van der Waals surface area contributed by atoms with Crippen LogP contribution in [0.1, 0.15) is 26.2 Å². The van der Waals surface area contributed by atoms with E-state index in [4.69, 9.17) is 5.11 Å². The molecular weight excluding hydrogens is 150 g/mol. The van der Waals surface area contributed by atoms with Crippen LogP contribution >= 0.6 is 0 Å². The largest absolute Gasteiger partial charge is 0.394 e. The Hall–Kier alpha value is -0.630. The van der Waals surface area contributed by atoms with Gasteiger partial charge >= 0.3 is 0 Å². The lowest BCUT2D eigenvalue weighted by Crippen LogP contribution is -2.08. The zero-order valence-electron chi connectivity index (χ0n) is 7.66. The second kappa shape index (κ2) is 5.09. The van der Waals surface area contributed by atoms with E-state index < -0.39 is 0 Å². The van der Waals surface area contributed by atoms with Gasteiger partial charge in [0.25, 0.3) is 0 Å². The van der Waals surface area contributed by atoms with Crippen molar-refractivity contribution in [1.82, 2.24) is 0 Å². The molecule has 1 aliphatic rings. The zero-order chi connectivity index (χ0) is 8.81. The van der Waals surface area contributed by atoms with Crippen LogP contribution < -0.4 is 0 Å². The van der Waals surface area contributed by atoms with Crippen molar-refractivity contribution in [1.29, 1.82) is 0 Å². The summed E-state index contributed by atoms with van der Waals surface area (Å²) in [5.74, 6) is 0.748. The fourth-order valence-electron chi connectivity index (χ4n) is 1.43. The Morgan fingerprint density at radius 1 is 1.67 bits per heavy atom.